The quantitative estimate of drug-likeness (QED) is 0.760. The molecule has 0 aliphatic carbocycles. The van der Waals surface area contributed by atoms with Gasteiger partial charge < -0.3 is 4.43 Å². The maximum Gasteiger partial charge on any atom is 0.186 e. The molecule has 0 saturated carbocycles. The SMILES string of the molecule is CC(C)(C)[C@](C#N)(O[Si](C)(C)C)c1ccccc1. The Hall–Kier alpha value is -1.11. The fraction of sp³-hybridized carbons (Fsp3) is 0.533. The number of hydrogen-bond acceptors (Lipinski definition) is 2. The van der Waals surface area contributed by atoms with Crippen molar-refractivity contribution in [1.82, 2.24) is 0 Å². The van der Waals surface area contributed by atoms with Gasteiger partial charge in [0.05, 0.1) is 0 Å². The van der Waals surface area contributed by atoms with E-state index in [2.05, 4.69) is 46.5 Å². The maximum atomic E-state index is 9.78. The van der Waals surface area contributed by atoms with Crippen molar-refractivity contribution < 1.29 is 4.43 Å². The molecule has 0 spiro atoms. The van der Waals surface area contributed by atoms with Crippen LogP contribution in [-0.4, -0.2) is 8.32 Å². The molecule has 1 rings (SSSR count). The lowest BCUT2D eigenvalue weighted by Crippen LogP contribution is -2.48. The Morgan fingerprint density at radius 1 is 1.06 bits per heavy atom. The first-order valence-corrected chi connectivity index (χ1v) is 9.70. The van der Waals surface area contributed by atoms with Crippen molar-refractivity contribution in [1.29, 1.82) is 5.26 Å². The normalized spacial score (nSPS) is 15.8. The summed E-state index contributed by atoms with van der Waals surface area (Å²) in [5.41, 5.74) is -0.204. The van der Waals surface area contributed by atoms with Gasteiger partial charge >= 0.3 is 0 Å². The van der Waals surface area contributed by atoms with E-state index < -0.39 is 13.9 Å². The number of benzene rings is 1. The van der Waals surface area contributed by atoms with Crippen molar-refractivity contribution in [3.8, 4) is 6.07 Å². The van der Waals surface area contributed by atoms with Crippen LogP contribution in [0.1, 0.15) is 26.3 Å². The Morgan fingerprint density at radius 2 is 1.56 bits per heavy atom. The minimum atomic E-state index is -1.83. The summed E-state index contributed by atoms with van der Waals surface area (Å²) in [6.45, 7) is 12.5. The molecule has 0 amide bonds. The molecule has 0 aromatic heterocycles. The van der Waals surface area contributed by atoms with Crippen molar-refractivity contribution in [2.24, 2.45) is 5.41 Å². The smallest absolute Gasteiger partial charge is 0.186 e. The van der Waals surface area contributed by atoms with Crippen LogP contribution in [0.3, 0.4) is 0 Å². The first-order valence-electron chi connectivity index (χ1n) is 6.29. The predicted octanol–water partition coefficient (Wildman–Crippen LogP) is 4.30. The van der Waals surface area contributed by atoms with E-state index in [1.807, 2.05) is 30.3 Å². The molecule has 0 aliphatic heterocycles. The second-order valence-electron chi connectivity index (χ2n) is 6.62. The highest BCUT2D eigenvalue weighted by molar-refractivity contribution is 6.69. The third-order valence-electron chi connectivity index (χ3n) is 2.85. The molecule has 0 saturated heterocycles. The van der Waals surface area contributed by atoms with Gasteiger partial charge in [0.1, 0.15) is 6.07 Å². The summed E-state index contributed by atoms with van der Waals surface area (Å²) in [6.07, 6.45) is 0. The molecule has 3 heteroatoms. The zero-order valence-corrected chi connectivity index (χ0v) is 13.2. The summed E-state index contributed by atoms with van der Waals surface area (Å²) in [5.74, 6) is 0. The Morgan fingerprint density at radius 3 is 1.89 bits per heavy atom. The zero-order chi connectivity index (χ0) is 14.0. The summed E-state index contributed by atoms with van der Waals surface area (Å²) in [5, 5.41) is 9.78. The average Bonchev–Trinajstić information content (AvgIpc) is 2.24. The number of nitriles is 1. The highest BCUT2D eigenvalue weighted by Crippen LogP contribution is 2.44. The highest BCUT2D eigenvalue weighted by Gasteiger charge is 2.47. The fourth-order valence-corrected chi connectivity index (χ4v) is 3.42. The number of nitrogens with zero attached hydrogens (tertiary/aromatic N) is 1. The summed E-state index contributed by atoms with van der Waals surface area (Å²) < 4.78 is 6.30. The molecule has 0 heterocycles. The number of hydrogen-bond donors (Lipinski definition) is 0. The molecule has 0 radical (unpaired) electrons. The van der Waals surface area contributed by atoms with Gasteiger partial charge in [0.25, 0.3) is 0 Å². The summed E-state index contributed by atoms with van der Waals surface area (Å²) >= 11 is 0. The minimum absolute atomic E-state index is 0.274. The predicted molar refractivity (Wildman–Crippen MR) is 77.6 cm³/mol. The molecular formula is C15H23NOSi. The summed E-state index contributed by atoms with van der Waals surface area (Å²) in [4.78, 5) is 0. The van der Waals surface area contributed by atoms with Crippen molar-refractivity contribution in [3.63, 3.8) is 0 Å². The van der Waals surface area contributed by atoms with Crippen molar-refractivity contribution in [2.75, 3.05) is 0 Å². The van der Waals surface area contributed by atoms with Crippen molar-refractivity contribution in [2.45, 2.75) is 46.0 Å². The van der Waals surface area contributed by atoms with Gasteiger partial charge in [-0.2, -0.15) is 5.26 Å². The van der Waals surface area contributed by atoms with Gasteiger partial charge in [-0.25, -0.2) is 0 Å². The second kappa shape index (κ2) is 4.87. The van der Waals surface area contributed by atoms with E-state index in [-0.39, 0.29) is 5.41 Å². The lowest BCUT2D eigenvalue weighted by molar-refractivity contribution is 0.00690. The number of rotatable bonds is 3. The summed E-state index contributed by atoms with van der Waals surface area (Å²) in [6, 6.07) is 12.3. The molecular weight excluding hydrogens is 238 g/mol. The summed E-state index contributed by atoms with van der Waals surface area (Å²) in [7, 11) is -1.83. The monoisotopic (exact) mass is 261 g/mol. The fourth-order valence-electron chi connectivity index (χ4n) is 2.03. The third kappa shape index (κ3) is 3.01. The van der Waals surface area contributed by atoms with Crippen LogP contribution in [0.2, 0.25) is 19.6 Å². The van der Waals surface area contributed by atoms with E-state index in [0.29, 0.717) is 0 Å². The minimum Gasteiger partial charge on any atom is -0.396 e. The van der Waals surface area contributed by atoms with Crippen LogP contribution < -0.4 is 0 Å². The van der Waals surface area contributed by atoms with Crippen LogP contribution in [-0.2, 0) is 10.0 Å². The van der Waals surface area contributed by atoms with Crippen LogP contribution in [0, 0.1) is 16.7 Å². The van der Waals surface area contributed by atoms with Gasteiger partial charge in [-0.05, 0) is 25.2 Å². The van der Waals surface area contributed by atoms with Gasteiger partial charge in [0.2, 0.25) is 0 Å². The van der Waals surface area contributed by atoms with Crippen LogP contribution in [0.25, 0.3) is 0 Å². The van der Waals surface area contributed by atoms with Gasteiger partial charge in [0, 0.05) is 5.41 Å². The van der Waals surface area contributed by atoms with Gasteiger partial charge in [-0.1, -0.05) is 51.1 Å². The van der Waals surface area contributed by atoms with Crippen LogP contribution in [0.15, 0.2) is 30.3 Å². The maximum absolute atomic E-state index is 9.78. The first-order chi connectivity index (χ1) is 8.12. The van der Waals surface area contributed by atoms with E-state index >= 15 is 0 Å². The van der Waals surface area contributed by atoms with E-state index in [1.54, 1.807) is 0 Å². The molecule has 18 heavy (non-hydrogen) atoms. The molecule has 1 aromatic carbocycles. The standard InChI is InChI=1S/C15H23NOSi/c1-14(2,3)15(12-16,17-18(4,5)6)13-10-8-7-9-11-13/h7-11H,1-6H3/t15-/m1/s1. The largest absolute Gasteiger partial charge is 0.396 e. The topological polar surface area (TPSA) is 33.0 Å². The first kappa shape index (κ1) is 14.9. The van der Waals surface area contributed by atoms with E-state index in [1.165, 1.54) is 0 Å². The van der Waals surface area contributed by atoms with Gasteiger partial charge in [-0.15, -0.1) is 0 Å². The van der Waals surface area contributed by atoms with Crippen molar-refractivity contribution in [3.05, 3.63) is 35.9 Å². The molecule has 0 N–H and O–H groups in total. The van der Waals surface area contributed by atoms with Crippen LogP contribution >= 0.6 is 0 Å². The third-order valence-corrected chi connectivity index (χ3v) is 3.77. The second-order valence-corrected chi connectivity index (χ2v) is 11.1. The molecule has 98 valence electrons. The lowest BCUT2D eigenvalue weighted by atomic mass is 9.73. The molecule has 0 unspecified atom stereocenters. The Labute approximate surface area is 112 Å². The van der Waals surface area contributed by atoms with E-state index in [4.69, 9.17) is 4.43 Å². The lowest BCUT2D eigenvalue weighted by Gasteiger charge is -2.43. The highest BCUT2D eigenvalue weighted by atomic mass is 28.4. The van der Waals surface area contributed by atoms with E-state index in [0.717, 1.165) is 5.56 Å². The van der Waals surface area contributed by atoms with Crippen LogP contribution in [0.5, 0.6) is 0 Å². The van der Waals surface area contributed by atoms with E-state index in [9.17, 15) is 5.26 Å². The van der Waals surface area contributed by atoms with Gasteiger partial charge in [0.15, 0.2) is 13.9 Å². The Balaban J connectivity index is 3.39. The van der Waals surface area contributed by atoms with Gasteiger partial charge in [-0.3, -0.25) is 0 Å². The Kier molecular flexibility index (Phi) is 4.04. The Bertz CT molecular complexity index is 436. The van der Waals surface area contributed by atoms with Crippen molar-refractivity contribution >= 4 is 8.32 Å². The molecule has 2 nitrogen and oxygen atoms in total. The molecule has 0 aliphatic rings. The molecule has 0 bridgehead atoms. The molecule has 1 aromatic rings. The van der Waals surface area contributed by atoms with Crippen LogP contribution in [0.4, 0.5) is 0 Å². The molecule has 1 atom stereocenters. The zero-order valence-electron chi connectivity index (χ0n) is 12.2. The molecule has 0 fully saturated rings. The average molecular weight is 261 g/mol.